The van der Waals surface area contributed by atoms with Gasteiger partial charge in [0.25, 0.3) is 0 Å². The first kappa shape index (κ1) is 16.8. The molecule has 123 valence electrons. The summed E-state index contributed by atoms with van der Waals surface area (Å²) in [6.45, 7) is 4.48. The molecule has 2 aromatic rings. The molecule has 0 saturated heterocycles. The maximum atomic E-state index is 3.26. The molecule has 0 unspecified atom stereocenters. The fraction of sp³-hybridized carbons (Fsp3) is 0.375. The third kappa shape index (κ3) is 5.00. The molecule has 1 fully saturated rings. The van der Waals surface area contributed by atoms with Gasteiger partial charge in [0.15, 0.2) is 0 Å². The summed E-state index contributed by atoms with van der Waals surface area (Å²) in [6.07, 6.45) is 7.92. The number of benzene rings is 2. The Bertz CT molecular complexity index is 686. The largest absolute Gasteiger partial charge is 0.0625 e. The highest BCUT2D eigenvalue weighted by Crippen LogP contribution is 2.32. The van der Waals surface area contributed by atoms with Crippen molar-refractivity contribution < 1.29 is 0 Å². The molecule has 24 heavy (non-hydrogen) atoms. The molecule has 0 amide bonds. The second-order valence-corrected chi connectivity index (χ2v) is 7.25. The van der Waals surface area contributed by atoms with Gasteiger partial charge in [-0.15, -0.1) is 0 Å². The van der Waals surface area contributed by atoms with Gasteiger partial charge >= 0.3 is 0 Å². The van der Waals surface area contributed by atoms with Crippen LogP contribution in [0, 0.1) is 30.6 Å². The number of rotatable bonds is 3. The maximum absolute atomic E-state index is 3.26. The van der Waals surface area contributed by atoms with Gasteiger partial charge in [0.1, 0.15) is 0 Å². The molecule has 0 aliphatic heterocycles. The molecule has 0 spiro atoms. The summed E-state index contributed by atoms with van der Waals surface area (Å²) in [5.74, 6) is 9.21. The zero-order valence-electron chi connectivity index (χ0n) is 14.9. The highest BCUT2D eigenvalue weighted by Gasteiger charge is 2.18. The van der Waals surface area contributed by atoms with Crippen LogP contribution in [0.1, 0.15) is 61.3 Å². The zero-order chi connectivity index (χ0) is 16.8. The fourth-order valence-electron chi connectivity index (χ4n) is 3.28. The van der Waals surface area contributed by atoms with Crippen molar-refractivity contribution in [1.29, 1.82) is 0 Å². The molecule has 1 aliphatic carbocycles. The van der Waals surface area contributed by atoms with E-state index in [1.165, 1.54) is 49.7 Å². The average Bonchev–Trinajstić information content (AvgIpc) is 2.62. The standard InChI is InChI=1S/C24H27/c1-19-3-7-21(8-4-19)11-13-23-15-17-24(18-16-23)14-12-22-9-5-20(2)6-10-22/h3-4,7-8,15-18,20H,5-6,9-10,12,14H2,1-2H3. The second-order valence-electron chi connectivity index (χ2n) is 7.25. The summed E-state index contributed by atoms with van der Waals surface area (Å²) >= 11 is 0. The summed E-state index contributed by atoms with van der Waals surface area (Å²) in [5.41, 5.74) is 4.88. The van der Waals surface area contributed by atoms with Gasteiger partial charge in [0.2, 0.25) is 0 Å². The Morgan fingerprint density at radius 2 is 1.33 bits per heavy atom. The molecular weight excluding hydrogens is 288 g/mol. The van der Waals surface area contributed by atoms with E-state index in [2.05, 4.69) is 74.2 Å². The lowest BCUT2D eigenvalue weighted by Gasteiger charge is -2.25. The molecular formula is C24H27. The van der Waals surface area contributed by atoms with Crippen LogP contribution >= 0.6 is 0 Å². The number of hydrogen-bond donors (Lipinski definition) is 0. The minimum Gasteiger partial charge on any atom is -0.0625 e. The summed E-state index contributed by atoms with van der Waals surface area (Å²) in [4.78, 5) is 0. The van der Waals surface area contributed by atoms with E-state index in [9.17, 15) is 0 Å². The molecule has 2 aromatic carbocycles. The minimum absolute atomic E-state index is 0.931. The monoisotopic (exact) mass is 315 g/mol. The Kier molecular flexibility index (Phi) is 5.76. The van der Waals surface area contributed by atoms with Crippen LogP contribution in [0.25, 0.3) is 0 Å². The van der Waals surface area contributed by atoms with Crippen LogP contribution in [0.5, 0.6) is 0 Å². The van der Waals surface area contributed by atoms with Crippen molar-refractivity contribution in [3.8, 4) is 11.8 Å². The Morgan fingerprint density at radius 3 is 1.92 bits per heavy atom. The molecule has 0 nitrogen and oxygen atoms in total. The van der Waals surface area contributed by atoms with Gasteiger partial charge < -0.3 is 0 Å². The van der Waals surface area contributed by atoms with E-state index >= 15 is 0 Å². The number of hydrogen-bond acceptors (Lipinski definition) is 0. The van der Waals surface area contributed by atoms with Gasteiger partial charge in [0.05, 0.1) is 0 Å². The Hall–Kier alpha value is -2.00. The lowest BCUT2D eigenvalue weighted by Crippen LogP contribution is -2.11. The summed E-state index contributed by atoms with van der Waals surface area (Å²) < 4.78 is 0. The molecule has 0 atom stereocenters. The Morgan fingerprint density at radius 1 is 0.792 bits per heavy atom. The van der Waals surface area contributed by atoms with Gasteiger partial charge in [-0.3, -0.25) is 0 Å². The third-order valence-electron chi connectivity index (χ3n) is 5.11. The Labute approximate surface area is 147 Å². The van der Waals surface area contributed by atoms with Crippen LogP contribution in [0.3, 0.4) is 0 Å². The molecule has 1 saturated carbocycles. The summed E-state index contributed by atoms with van der Waals surface area (Å²) in [7, 11) is 0. The van der Waals surface area contributed by atoms with Crippen molar-refractivity contribution >= 4 is 0 Å². The topological polar surface area (TPSA) is 0 Å². The predicted molar refractivity (Wildman–Crippen MR) is 103 cm³/mol. The van der Waals surface area contributed by atoms with E-state index < -0.39 is 0 Å². The SMILES string of the molecule is Cc1ccc(C#Cc2ccc(CC[C]3CCC(C)CC3)cc2)cc1. The van der Waals surface area contributed by atoms with Gasteiger partial charge in [-0.25, -0.2) is 0 Å². The van der Waals surface area contributed by atoms with Crippen LogP contribution in [0.15, 0.2) is 48.5 Å². The first-order chi connectivity index (χ1) is 11.7. The van der Waals surface area contributed by atoms with E-state index in [-0.39, 0.29) is 0 Å². The van der Waals surface area contributed by atoms with Gasteiger partial charge in [0, 0.05) is 11.1 Å². The highest BCUT2D eigenvalue weighted by atomic mass is 14.2. The second kappa shape index (κ2) is 8.20. The van der Waals surface area contributed by atoms with Crippen molar-refractivity contribution in [1.82, 2.24) is 0 Å². The first-order valence-electron chi connectivity index (χ1n) is 9.20. The minimum atomic E-state index is 0.931. The van der Waals surface area contributed by atoms with Gasteiger partial charge in [-0.1, -0.05) is 61.4 Å². The highest BCUT2D eigenvalue weighted by molar-refractivity contribution is 5.44. The smallest absolute Gasteiger partial charge is 0.0249 e. The molecule has 1 aliphatic rings. The van der Waals surface area contributed by atoms with Gasteiger partial charge in [-0.05, 0) is 74.3 Å². The zero-order valence-corrected chi connectivity index (χ0v) is 14.9. The first-order valence-corrected chi connectivity index (χ1v) is 9.20. The van der Waals surface area contributed by atoms with E-state index in [0.29, 0.717) is 0 Å². The molecule has 0 aromatic heterocycles. The van der Waals surface area contributed by atoms with E-state index in [1.807, 2.05) is 0 Å². The van der Waals surface area contributed by atoms with Crippen molar-refractivity contribution in [3.63, 3.8) is 0 Å². The maximum Gasteiger partial charge on any atom is 0.0249 e. The summed E-state index contributed by atoms with van der Waals surface area (Å²) in [6, 6.07) is 17.2. The van der Waals surface area contributed by atoms with Crippen LogP contribution < -0.4 is 0 Å². The lowest BCUT2D eigenvalue weighted by molar-refractivity contribution is 0.394. The van der Waals surface area contributed by atoms with Crippen LogP contribution in [-0.2, 0) is 6.42 Å². The van der Waals surface area contributed by atoms with E-state index in [4.69, 9.17) is 0 Å². The van der Waals surface area contributed by atoms with E-state index in [1.54, 1.807) is 5.92 Å². The normalized spacial score (nSPS) is 15.8. The van der Waals surface area contributed by atoms with Crippen LogP contribution in [-0.4, -0.2) is 0 Å². The molecule has 3 rings (SSSR count). The molecule has 0 heterocycles. The van der Waals surface area contributed by atoms with Crippen molar-refractivity contribution in [2.24, 2.45) is 5.92 Å². The van der Waals surface area contributed by atoms with Crippen molar-refractivity contribution in [3.05, 3.63) is 76.7 Å². The number of aryl methyl sites for hydroxylation is 2. The molecule has 0 bridgehead atoms. The van der Waals surface area contributed by atoms with Crippen LogP contribution in [0.4, 0.5) is 0 Å². The van der Waals surface area contributed by atoms with Crippen molar-refractivity contribution in [2.45, 2.75) is 52.4 Å². The van der Waals surface area contributed by atoms with E-state index in [0.717, 1.165) is 17.0 Å². The molecule has 0 N–H and O–H groups in total. The fourth-order valence-corrected chi connectivity index (χ4v) is 3.28. The van der Waals surface area contributed by atoms with Crippen molar-refractivity contribution in [2.75, 3.05) is 0 Å². The third-order valence-corrected chi connectivity index (χ3v) is 5.11. The molecule has 0 heteroatoms. The van der Waals surface area contributed by atoms with Gasteiger partial charge in [-0.2, -0.15) is 0 Å². The van der Waals surface area contributed by atoms with Crippen LogP contribution in [0.2, 0.25) is 0 Å². The molecule has 1 radical (unpaired) electrons. The average molecular weight is 315 g/mol. The quantitative estimate of drug-likeness (QED) is 0.599. The lowest BCUT2D eigenvalue weighted by atomic mass is 9.80. The predicted octanol–water partition coefficient (Wildman–Crippen LogP) is 6.11. The summed E-state index contributed by atoms with van der Waals surface area (Å²) in [5, 5.41) is 0. The Balaban J connectivity index is 1.53.